The van der Waals surface area contributed by atoms with E-state index < -0.39 is 4.92 Å². The van der Waals surface area contributed by atoms with Crippen molar-refractivity contribution in [1.82, 2.24) is 4.90 Å². The van der Waals surface area contributed by atoms with Gasteiger partial charge in [-0.2, -0.15) is 0 Å². The Morgan fingerprint density at radius 3 is 2.62 bits per heavy atom. The Bertz CT molecular complexity index is 1060. The van der Waals surface area contributed by atoms with Crippen molar-refractivity contribution < 1.29 is 9.72 Å². The fourth-order valence-corrected chi connectivity index (χ4v) is 5.14. The molecular formula is C25H28ClN3O3. The van der Waals surface area contributed by atoms with E-state index in [4.69, 9.17) is 11.6 Å². The maximum Gasteiger partial charge on any atom is 0.288 e. The first-order valence-electron chi connectivity index (χ1n) is 11.2. The fourth-order valence-electron chi connectivity index (χ4n) is 4.96. The number of rotatable bonds is 7. The molecule has 2 aromatic carbocycles. The number of amides is 1. The van der Waals surface area contributed by atoms with Crippen LogP contribution in [0.3, 0.4) is 0 Å². The first kappa shape index (κ1) is 22.3. The van der Waals surface area contributed by atoms with Crippen molar-refractivity contribution in [2.75, 3.05) is 18.4 Å². The molecule has 0 saturated heterocycles. The zero-order valence-electron chi connectivity index (χ0n) is 18.4. The van der Waals surface area contributed by atoms with Gasteiger partial charge in [0.15, 0.2) is 0 Å². The molecule has 0 spiro atoms. The van der Waals surface area contributed by atoms with Gasteiger partial charge in [0.2, 0.25) is 0 Å². The van der Waals surface area contributed by atoms with E-state index >= 15 is 0 Å². The molecule has 0 saturated carbocycles. The molecule has 1 amide bonds. The largest absolute Gasteiger partial charge is 0.378 e. The number of carbonyl (C=O) groups excluding carboxylic acids is 1. The van der Waals surface area contributed by atoms with E-state index in [0.29, 0.717) is 5.56 Å². The van der Waals surface area contributed by atoms with Crippen LogP contribution in [-0.4, -0.2) is 28.8 Å². The number of nitrogens with one attached hydrogen (secondary N) is 1. The molecule has 2 aromatic rings. The van der Waals surface area contributed by atoms with Gasteiger partial charge in [-0.3, -0.25) is 14.9 Å². The van der Waals surface area contributed by atoms with Crippen molar-refractivity contribution in [2.24, 2.45) is 5.92 Å². The number of hydrogen-bond donors (Lipinski definition) is 1. The number of nitro groups is 1. The van der Waals surface area contributed by atoms with Crippen LogP contribution >= 0.6 is 11.6 Å². The van der Waals surface area contributed by atoms with Crippen molar-refractivity contribution in [3.05, 3.63) is 80.4 Å². The van der Waals surface area contributed by atoms with Crippen LogP contribution in [0.1, 0.15) is 66.6 Å². The molecule has 32 heavy (non-hydrogen) atoms. The molecular weight excluding hydrogens is 426 g/mol. The lowest BCUT2D eigenvalue weighted by Gasteiger charge is -2.37. The van der Waals surface area contributed by atoms with Gasteiger partial charge in [0, 0.05) is 36.3 Å². The van der Waals surface area contributed by atoms with E-state index in [9.17, 15) is 14.9 Å². The Morgan fingerprint density at radius 2 is 1.94 bits per heavy atom. The maximum atomic E-state index is 13.1. The van der Waals surface area contributed by atoms with E-state index in [0.717, 1.165) is 49.2 Å². The monoisotopic (exact) mass is 453 g/mol. The van der Waals surface area contributed by atoms with Gasteiger partial charge in [0.25, 0.3) is 11.6 Å². The minimum atomic E-state index is -0.441. The third-order valence-electron chi connectivity index (χ3n) is 6.41. The van der Waals surface area contributed by atoms with Gasteiger partial charge in [-0.15, -0.1) is 0 Å². The Hall–Kier alpha value is -2.86. The molecule has 4 rings (SSSR count). The van der Waals surface area contributed by atoms with E-state index in [1.807, 2.05) is 29.2 Å². The highest BCUT2D eigenvalue weighted by Crippen LogP contribution is 2.50. The molecule has 1 aliphatic heterocycles. The summed E-state index contributed by atoms with van der Waals surface area (Å²) < 4.78 is 0. The molecule has 3 unspecified atom stereocenters. The Balaban J connectivity index is 1.68. The number of anilines is 1. The van der Waals surface area contributed by atoms with E-state index in [-0.39, 0.29) is 34.5 Å². The SMILES string of the molecule is CCCN(CCC)C(=O)c1ccc2c(c1)C1C=CCC1C(c1ccc(Cl)c([N+](=O)[O-])c1)N2. The quantitative estimate of drug-likeness (QED) is 0.301. The molecule has 7 heteroatoms. The van der Waals surface area contributed by atoms with Crippen LogP contribution < -0.4 is 5.32 Å². The fraction of sp³-hybridized carbons (Fsp3) is 0.400. The predicted octanol–water partition coefficient (Wildman–Crippen LogP) is 6.34. The molecule has 1 aliphatic carbocycles. The summed E-state index contributed by atoms with van der Waals surface area (Å²) in [6, 6.07) is 10.8. The summed E-state index contributed by atoms with van der Waals surface area (Å²) in [5.74, 6) is 0.450. The predicted molar refractivity (Wildman–Crippen MR) is 127 cm³/mol. The number of carbonyl (C=O) groups is 1. The lowest BCUT2D eigenvalue weighted by molar-refractivity contribution is -0.384. The maximum absolute atomic E-state index is 13.1. The third-order valence-corrected chi connectivity index (χ3v) is 6.73. The van der Waals surface area contributed by atoms with Crippen molar-refractivity contribution in [1.29, 1.82) is 0 Å². The van der Waals surface area contributed by atoms with Crippen LogP contribution in [0.2, 0.25) is 5.02 Å². The van der Waals surface area contributed by atoms with Crippen LogP contribution in [0.4, 0.5) is 11.4 Å². The third kappa shape index (κ3) is 4.11. The second-order valence-corrected chi connectivity index (χ2v) is 8.94. The van der Waals surface area contributed by atoms with Gasteiger partial charge in [-0.05, 0) is 60.6 Å². The highest BCUT2D eigenvalue weighted by molar-refractivity contribution is 6.32. The van der Waals surface area contributed by atoms with Gasteiger partial charge in [0.05, 0.1) is 11.0 Å². The number of benzene rings is 2. The molecule has 6 nitrogen and oxygen atoms in total. The molecule has 168 valence electrons. The molecule has 3 atom stereocenters. The van der Waals surface area contributed by atoms with Crippen LogP contribution in [0, 0.1) is 16.0 Å². The number of halogens is 1. The second-order valence-electron chi connectivity index (χ2n) is 8.54. The minimum absolute atomic E-state index is 0.0725. The average Bonchev–Trinajstić information content (AvgIpc) is 3.28. The molecule has 0 fully saturated rings. The summed E-state index contributed by atoms with van der Waals surface area (Å²) in [5, 5.41) is 15.1. The van der Waals surface area contributed by atoms with E-state index in [2.05, 4.69) is 31.3 Å². The topological polar surface area (TPSA) is 75.5 Å². The zero-order chi connectivity index (χ0) is 22.8. The highest BCUT2D eigenvalue weighted by atomic mass is 35.5. The lowest BCUT2D eigenvalue weighted by atomic mass is 9.76. The summed E-state index contributed by atoms with van der Waals surface area (Å²) in [7, 11) is 0. The van der Waals surface area contributed by atoms with Crippen LogP contribution in [0.5, 0.6) is 0 Å². The summed E-state index contributed by atoms with van der Waals surface area (Å²) in [6.45, 7) is 5.68. The average molecular weight is 454 g/mol. The van der Waals surface area contributed by atoms with Crippen LogP contribution in [-0.2, 0) is 0 Å². The first-order valence-corrected chi connectivity index (χ1v) is 11.6. The van der Waals surface area contributed by atoms with E-state index in [1.165, 1.54) is 0 Å². The number of nitro benzene ring substituents is 1. The number of hydrogen-bond acceptors (Lipinski definition) is 4. The van der Waals surface area contributed by atoms with Gasteiger partial charge in [-0.1, -0.05) is 43.7 Å². The van der Waals surface area contributed by atoms with Crippen LogP contribution in [0.15, 0.2) is 48.6 Å². The molecule has 2 aliphatic rings. The second kappa shape index (κ2) is 9.33. The standard InChI is InChI=1S/C25H28ClN3O3/c1-3-12-28(13-4-2)25(30)17-9-11-22-20(14-17)18-6-5-7-19(18)24(27-22)16-8-10-21(26)23(15-16)29(31)32/h5-6,8-11,14-15,18-19,24,27H,3-4,7,12-13H2,1-2H3. The lowest BCUT2D eigenvalue weighted by Crippen LogP contribution is -2.33. The molecule has 1 N–H and O–H groups in total. The highest BCUT2D eigenvalue weighted by Gasteiger charge is 2.39. The summed E-state index contributed by atoms with van der Waals surface area (Å²) in [6.07, 6.45) is 7.10. The van der Waals surface area contributed by atoms with E-state index in [1.54, 1.807) is 12.1 Å². The first-order chi connectivity index (χ1) is 15.4. The van der Waals surface area contributed by atoms with Gasteiger partial charge < -0.3 is 10.2 Å². The summed E-state index contributed by atoms with van der Waals surface area (Å²) in [4.78, 5) is 26.0. The molecule has 0 aromatic heterocycles. The zero-order valence-corrected chi connectivity index (χ0v) is 19.1. The van der Waals surface area contributed by atoms with Crippen molar-refractivity contribution in [2.45, 2.75) is 45.1 Å². The molecule has 1 heterocycles. The number of fused-ring (bicyclic) bond motifs is 3. The normalized spacial score (nSPS) is 20.9. The Morgan fingerprint density at radius 1 is 1.19 bits per heavy atom. The Labute approximate surface area is 193 Å². The van der Waals surface area contributed by atoms with Gasteiger partial charge in [0.1, 0.15) is 5.02 Å². The summed E-state index contributed by atoms with van der Waals surface area (Å²) in [5.41, 5.74) is 3.57. The number of nitrogens with zero attached hydrogens (tertiary/aromatic N) is 2. The number of allylic oxidation sites excluding steroid dienone is 2. The van der Waals surface area contributed by atoms with Crippen molar-refractivity contribution >= 4 is 28.9 Å². The van der Waals surface area contributed by atoms with Gasteiger partial charge in [-0.25, -0.2) is 0 Å². The van der Waals surface area contributed by atoms with Crippen molar-refractivity contribution in [3.8, 4) is 0 Å². The molecule has 0 radical (unpaired) electrons. The van der Waals surface area contributed by atoms with Gasteiger partial charge >= 0.3 is 0 Å². The van der Waals surface area contributed by atoms with Crippen molar-refractivity contribution in [3.63, 3.8) is 0 Å². The smallest absolute Gasteiger partial charge is 0.288 e. The molecule has 0 bridgehead atoms. The van der Waals surface area contributed by atoms with Crippen LogP contribution in [0.25, 0.3) is 0 Å². The minimum Gasteiger partial charge on any atom is -0.378 e. The Kier molecular flexibility index (Phi) is 6.51. The summed E-state index contributed by atoms with van der Waals surface area (Å²) >= 11 is 6.03.